The maximum absolute atomic E-state index is 12.7. The van der Waals surface area contributed by atoms with E-state index in [0.29, 0.717) is 6.42 Å². The highest BCUT2D eigenvalue weighted by Crippen LogP contribution is 2.24. The van der Waals surface area contributed by atoms with Crippen LogP contribution < -0.4 is 5.32 Å². The number of aromatic nitrogens is 2. The molecule has 2 aromatic heterocycles. The Kier molecular flexibility index (Phi) is 5.12. The van der Waals surface area contributed by atoms with Gasteiger partial charge in [0.1, 0.15) is 11.0 Å². The van der Waals surface area contributed by atoms with E-state index < -0.39 is 0 Å². The minimum atomic E-state index is -0.224. The number of carbonyl (C=O) groups excluding carboxylic acids is 1. The van der Waals surface area contributed by atoms with Crippen LogP contribution in [0.25, 0.3) is 5.69 Å². The van der Waals surface area contributed by atoms with Gasteiger partial charge in [-0.15, -0.1) is 11.3 Å². The first-order chi connectivity index (χ1) is 13.3. The minimum absolute atomic E-state index is 0.0206. The van der Waals surface area contributed by atoms with Crippen LogP contribution in [0.3, 0.4) is 0 Å². The smallest absolute Gasteiger partial charge is 0.225 e. The van der Waals surface area contributed by atoms with Crippen LogP contribution in [-0.2, 0) is 11.2 Å². The number of thiazole rings is 1. The molecule has 4 aromatic rings. The van der Waals surface area contributed by atoms with Gasteiger partial charge in [-0.25, -0.2) is 4.98 Å². The zero-order valence-electron chi connectivity index (χ0n) is 14.7. The largest absolute Gasteiger partial charge is 0.342 e. The Morgan fingerprint density at radius 3 is 2.41 bits per heavy atom. The molecule has 1 unspecified atom stereocenters. The first kappa shape index (κ1) is 17.2. The van der Waals surface area contributed by atoms with Crippen molar-refractivity contribution in [1.29, 1.82) is 0 Å². The van der Waals surface area contributed by atoms with E-state index in [1.54, 1.807) is 17.5 Å². The molecule has 27 heavy (non-hydrogen) atoms. The summed E-state index contributed by atoms with van der Waals surface area (Å²) < 4.78 is 2.04. The Bertz CT molecular complexity index is 978. The second kappa shape index (κ2) is 8.01. The van der Waals surface area contributed by atoms with E-state index >= 15 is 0 Å². The summed E-state index contributed by atoms with van der Waals surface area (Å²) in [7, 11) is 0. The van der Waals surface area contributed by atoms with Gasteiger partial charge in [-0.3, -0.25) is 4.79 Å². The van der Waals surface area contributed by atoms with Crippen molar-refractivity contribution in [2.45, 2.75) is 12.5 Å². The lowest BCUT2D eigenvalue weighted by Gasteiger charge is -2.17. The minimum Gasteiger partial charge on any atom is -0.342 e. The van der Waals surface area contributed by atoms with Crippen molar-refractivity contribution in [3.63, 3.8) is 0 Å². The summed E-state index contributed by atoms with van der Waals surface area (Å²) in [4.78, 5) is 17.1. The standard InChI is InChI=1S/C22H19N3OS/c26-20(16-17-8-10-19(11-9-17)25-13-4-5-14-25)24-21(22-23-12-15-27-22)18-6-2-1-3-7-18/h1-15,21H,16H2,(H,24,26). The first-order valence-corrected chi connectivity index (χ1v) is 9.63. The summed E-state index contributed by atoms with van der Waals surface area (Å²) in [5, 5.41) is 5.94. The van der Waals surface area contributed by atoms with E-state index in [-0.39, 0.29) is 11.9 Å². The van der Waals surface area contributed by atoms with E-state index in [2.05, 4.69) is 10.3 Å². The molecule has 1 atom stereocenters. The predicted molar refractivity (Wildman–Crippen MR) is 108 cm³/mol. The van der Waals surface area contributed by atoms with Crippen molar-refractivity contribution in [3.8, 4) is 5.69 Å². The Morgan fingerprint density at radius 1 is 1.00 bits per heavy atom. The van der Waals surface area contributed by atoms with Gasteiger partial charge in [0.25, 0.3) is 0 Å². The maximum Gasteiger partial charge on any atom is 0.225 e. The summed E-state index contributed by atoms with van der Waals surface area (Å²) in [6.45, 7) is 0. The summed E-state index contributed by atoms with van der Waals surface area (Å²) in [6.07, 6.45) is 6.10. The van der Waals surface area contributed by atoms with Crippen LogP contribution in [0.5, 0.6) is 0 Å². The van der Waals surface area contributed by atoms with Gasteiger partial charge < -0.3 is 9.88 Å². The lowest BCUT2D eigenvalue weighted by Crippen LogP contribution is -2.30. The number of nitrogens with zero attached hydrogens (tertiary/aromatic N) is 2. The van der Waals surface area contributed by atoms with Crippen molar-refractivity contribution in [1.82, 2.24) is 14.9 Å². The monoisotopic (exact) mass is 373 g/mol. The van der Waals surface area contributed by atoms with E-state index in [1.807, 2.05) is 89.1 Å². The molecule has 0 fully saturated rings. The molecule has 0 spiro atoms. The molecule has 1 amide bonds. The third-order valence-electron chi connectivity index (χ3n) is 4.34. The molecule has 0 radical (unpaired) electrons. The summed E-state index contributed by atoms with van der Waals surface area (Å²) in [6, 6.07) is 21.7. The number of hydrogen-bond acceptors (Lipinski definition) is 3. The van der Waals surface area contributed by atoms with Crippen molar-refractivity contribution < 1.29 is 4.79 Å². The zero-order chi connectivity index (χ0) is 18.5. The lowest BCUT2D eigenvalue weighted by molar-refractivity contribution is -0.120. The van der Waals surface area contributed by atoms with Gasteiger partial charge in [-0.2, -0.15) is 0 Å². The number of carbonyl (C=O) groups is 1. The van der Waals surface area contributed by atoms with Gasteiger partial charge >= 0.3 is 0 Å². The van der Waals surface area contributed by atoms with Crippen LogP contribution in [0, 0.1) is 0 Å². The predicted octanol–water partition coefficient (Wildman–Crippen LogP) is 4.38. The fourth-order valence-corrected chi connectivity index (χ4v) is 3.71. The normalized spacial score (nSPS) is 11.9. The molecule has 5 heteroatoms. The SMILES string of the molecule is O=C(Cc1ccc(-n2cccc2)cc1)NC(c1ccccc1)c1nccs1. The van der Waals surface area contributed by atoms with Gasteiger partial charge in [0.05, 0.1) is 6.42 Å². The van der Waals surface area contributed by atoms with Crippen LogP contribution >= 0.6 is 11.3 Å². The zero-order valence-corrected chi connectivity index (χ0v) is 15.5. The number of benzene rings is 2. The number of nitrogens with one attached hydrogen (secondary N) is 1. The van der Waals surface area contributed by atoms with Crippen LogP contribution in [0.15, 0.2) is 90.7 Å². The first-order valence-electron chi connectivity index (χ1n) is 8.75. The van der Waals surface area contributed by atoms with Crippen molar-refractivity contribution in [3.05, 3.63) is 107 Å². The van der Waals surface area contributed by atoms with E-state index in [9.17, 15) is 4.79 Å². The Hall–Kier alpha value is -3.18. The fourth-order valence-electron chi connectivity index (χ4n) is 3.00. The Morgan fingerprint density at radius 2 is 1.74 bits per heavy atom. The molecule has 0 saturated heterocycles. The number of hydrogen-bond donors (Lipinski definition) is 1. The topological polar surface area (TPSA) is 46.9 Å². The third kappa shape index (κ3) is 4.15. The van der Waals surface area contributed by atoms with Crippen molar-refractivity contribution in [2.24, 2.45) is 0 Å². The second-order valence-corrected chi connectivity index (χ2v) is 7.14. The molecule has 1 N–H and O–H groups in total. The van der Waals surface area contributed by atoms with Gasteiger partial charge in [-0.1, -0.05) is 42.5 Å². The maximum atomic E-state index is 12.7. The Balaban J connectivity index is 1.47. The van der Waals surface area contributed by atoms with Crippen LogP contribution in [0.4, 0.5) is 0 Å². The van der Waals surface area contributed by atoms with Gasteiger partial charge in [0, 0.05) is 29.7 Å². The third-order valence-corrected chi connectivity index (χ3v) is 5.18. The average molecular weight is 373 g/mol. The molecule has 0 aliphatic carbocycles. The molecular formula is C22H19N3OS. The van der Waals surface area contributed by atoms with Crippen LogP contribution in [0.1, 0.15) is 22.2 Å². The Labute approximate surface area is 162 Å². The van der Waals surface area contributed by atoms with Crippen molar-refractivity contribution in [2.75, 3.05) is 0 Å². The van der Waals surface area contributed by atoms with Crippen LogP contribution in [0.2, 0.25) is 0 Å². The summed E-state index contributed by atoms with van der Waals surface area (Å²) >= 11 is 1.55. The lowest BCUT2D eigenvalue weighted by atomic mass is 10.1. The van der Waals surface area contributed by atoms with Gasteiger partial charge in [0.2, 0.25) is 5.91 Å². The van der Waals surface area contributed by atoms with E-state index in [1.165, 1.54) is 0 Å². The van der Waals surface area contributed by atoms with E-state index in [0.717, 1.165) is 21.8 Å². The molecule has 0 saturated carbocycles. The molecular weight excluding hydrogens is 354 g/mol. The molecule has 134 valence electrons. The van der Waals surface area contributed by atoms with Gasteiger partial charge in [-0.05, 0) is 35.4 Å². The van der Waals surface area contributed by atoms with Gasteiger partial charge in [0.15, 0.2) is 0 Å². The van der Waals surface area contributed by atoms with Crippen molar-refractivity contribution >= 4 is 17.2 Å². The highest BCUT2D eigenvalue weighted by Gasteiger charge is 2.19. The summed E-state index contributed by atoms with van der Waals surface area (Å²) in [5.41, 5.74) is 3.09. The van der Waals surface area contributed by atoms with Crippen LogP contribution in [-0.4, -0.2) is 15.5 Å². The molecule has 2 heterocycles. The summed E-state index contributed by atoms with van der Waals surface area (Å²) in [5.74, 6) is -0.0206. The molecule has 0 aliphatic rings. The second-order valence-electron chi connectivity index (χ2n) is 6.22. The molecule has 2 aromatic carbocycles. The highest BCUT2D eigenvalue weighted by molar-refractivity contribution is 7.09. The van der Waals surface area contributed by atoms with E-state index in [4.69, 9.17) is 0 Å². The molecule has 4 nitrogen and oxygen atoms in total. The molecule has 0 bridgehead atoms. The number of amides is 1. The number of rotatable bonds is 6. The highest BCUT2D eigenvalue weighted by atomic mass is 32.1. The molecule has 0 aliphatic heterocycles. The molecule has 4 rings (SSSR count). The fraction of sp³-hybridized carbons (Fsp3) is 0.0909. The average Bonchev–Trinajstić information content (AvgIpc) is 3.41. The quantitative estimate of drug-likeness (QED) is 0.545.